The highest BCUT2D eigenvalue weighted by molar-refractivity contribution is 7.80. The molecule has 1 aromatic carbocycles. The summed E-state index contributed by atoms with van der Waals surface area (Å²) >= 11 is 12.8. The average molecular weight is 494 g/mol. The van der Waals surface area contributed by atoms with Crippen LogP contribution in [0, 0.1) is 11.8 Å². The maximum absolute atomic E-state index is 6.92. The van der Waals surface area contributed by atoms with E-state index in [0.29, 0.717) is 16.9 Å². The van der Waals surface area contributed by atoms with Crippen LogP contribution >= 0.6 is 23.8 Å². The lowest BCUT2D eigenvalue weighted by Gasteiger charge is -2.37. The van der Waals surface area contributed by atoms with Crippen molar-refractivity contribution in [2.24, 2.45) is 11.8 Å². The van der Waals surface area contributed by atoms with Crippen molar-refractivity contribution < 1.29 is 0 Å². The van der Waals surface area contributed by atoms with Crippen molar-refractivity contribution in [3.05, 3.63) is 77.3 Å². The predicted octanol–water partition coefficient (Wildman–Crippen LogP) is 6.22. The number of hydrogen-bond donors (Lipinski definition) is 1. The Morgan fingerprint density at radius 3 is 2.56 bits per heavy atom. The van der Waals surface area contributed by atoms with Gasteiger partial charge in [0.25, 0.3) is 0 Å². The van der Waals surface area contributed by atoms with Crippen LogP contribution < -0.4 is 15.1 Å². The van der Waals surface area contributed by atoms with Gasteiger partial charge in [0.2, 0.25) is 0 Å². The predicted molar refractivity (Wildman–Crippen MR) is 145 cm³/mol. The van der Waals surface area contributed by atoms with Crippen molar-refractivity contribution >= 4 is 40.3 Å². The number of nitrogens with one attached hydrogen (secondary N) is 1. The highest BCUT2D eigenvalue weighted by Gasteiger charge is 2.42. The standard InChI is InChI=1S/C27H32ClN5S/c1-4-31-13-7-9-24(31)26-25(22-8-5-6-12-29-22)30-27(34)33(26)20-10-11-23(21(28)15-20)32-16-18(2)14-19(3)17-32/h5-13,15,18-19,25-26H,4,14,16-17H2,1-3H3,(H,30,34)/t18-,19-,25-,26+/m0/s1. The number of halogens is 1. The van der Waals surface area contributed by atoms with E-state index in [0.717, 1.165) is 41.7 Å². The third-order valence-corrected chi connectivity index (χ3v) is 7.64. The number of hydrogen-bond acceptors (Lipinski definition) is 3. The number of benzene rings is 1. The Morgan fingerprint density at radius 1 is 1.09 bits per heavy atom. The maximum atomic E-state index is 6.92. The van der Waals surface area contributed by atoms with E-state index in [1.54, 1.807) is 0 Å². The molecule has 2 saturated heterocycles. The lowest BCUT2D eigenvalue weighted by molar-refractivity contribution is 0.357. The van der Waals surface area contributed by atoms with Crippen LogP contribution in [0.4, 0.5) is 11.4 Å². The molecule has 1 N–H and O–H groups in total. The van der Waals surface area contributed by atoms with Gasteiger partial charge >= 0.3 is 0 Å². The van der Waals surface area contributed by atoms with Gasteiger partial charge in [0.1, 0.15) is 6.04 Å². The Morgan fingerprint density at radius 2 is 1.88 bits per heavy atom. The van der Waals surface area contributed by atoms with Gasteiger partial charge < -0.3 is 19.7 Å². The van der Waals surface area contributed by atoms with Gasteiger partial charge in [-0.15, -0.1) is 0 Å². The largest absolute Gasteiger partial charge is 0.370 e. The first-order chi connectivity index (χ1) is 16.5. The highest BCUT2D eigenvalue weighted by atomic mass is 35.5. The number of piperidine rings is 1. The normalized spacial score (nSPS) is 25.0. The number of thiocarbonyl (C=S) groups is 1. The number of aromatic nitrogens is 2. The smallest absolute Gasteiger partial charge is 0.174 e. The van der Waals surface area contributed by atoms with Gasteiger partial charge in [-0.3, -0.25) is 4.98 Å². The molecule has 2 aliphatic rings. The van der Waals surface area contributed by atoms with E-state index in [1.165, 1.54) is 12.1 Å². The molecule has 0 bridgehead atoms. The quantitative estimate of drug-likeness (QED) is 0.427. The summed E-state index contributed by atoms with van der Waals surface area (Å²) in [4.78, 5) is 9.29. The summed E-state index contributed by atoms with van der Waals surface area (Å²) < 4.78 is 2.27. The minimum Gasteiger partial charge on any atom is -0.370 e. The van der Waals surface area contributed by atoms with E-state index in [2.05, 4.69) is 88.0 Å². The van der Waals surface area contributed by atoms with Gasteiger partial charge in [-0.05, 0) is 79.9 Å². The first-order valence-electron chi connectivity index (χ1n) is 12.2. The molecule has 0 unspecified atom stereocenters. The third kappa shape index (κ3) is 4.29. The molecule has 3 aromatic rings. The summed E-state index contributed by atoms with van der Waals surface area (Å²) in [6.45, 7) is 9.79. The molecule has 2 aliphatic heterocycles. The van der Waals surface area contributed by atoms with Crippen molar-refractivity contribution in [3.8, 4) is 0 Å². The molecule has 4 heterocycles. The average Bonchev–Trinajstić information content (AvgIpc) is 3.42. The molecule has 0 radical (unpaired) electrons. The van der Waals surface area contributed by atoms with Crippen LogP contribution in [0.5, 0.6) is 0 Å². The fourth-order valence-corrected chi connectivity index (χ4v) is 6.32. The lowest BCUT2D eigenvalue weighted by atomic mass is 9.91. The molecule has 5 nitrogen and oxygen atoms in total. The van der Waals surface area contributed by atoms with Crippen molar-refractivity contribution in [1.82, 2.24) is 14.9 Å². The second-order valence-corrected chi connectivity index (χ2v) is 10.5. The zero-order valence-electron chi connectivity index (χ0n) is 20.0. The Hall–Kier alpha value is -2.57. The topological polar surface area (TPSA) is 36.3 Å². The zero-order valence-corrected chi connectivity index (χ0v) is 21.6. The highest BCUT2D eigenvalue weighted by Crippen LogP contribution is 2.43. The fourth-order valence-electron chi connectivity index (χ4n) is 5.68. The SMILES string of the molecule is CCn1cccc1[C@@H]1[C@H](c2ccccn2)NC(=S)N1c1ccc(N2C[C@@H](C)C[C@H](C)C2)c(Cl)c1. The van der Waals surface area contributed by atoms with Crippen LogP contribution in [-0.2, 0) is 6.54 Å². The van der Waals surface area contributed by atoms with Crippen LogP contribution in [0.25, 0.3) is 0 Å². The van der Waals surface area contributed by atoms with Gasteiger partial charge in [0.05, 0.1) is 22.4 Å². The minimum absolute atomic E-state index is 0.0331. The van der Waals surface area contributed by atoms with Gasteiger partial charge in [0, 0.05) is 43.4 Å². The molecule has 4 atom stereocenters. The van der Waals surface area contributed by atoms with E-state index in [-0.39, 0.29) is 12.1 Å². The molecule has 0 spiro atoms. The molecule has 0 aliphatic carbocycles. The number of pyridine rings is 1. The Bertz CT molecular complexity index is 1150. The van der Waals surface area contributed by atoms with E-state index in [9.17, 15) is 0 Å². The van der Waals surface area contributed by atoms with Crippen LogP contribution in [0.2, 0.25) is 5.02 Å². The second kappa shape index (κ2) is 9.59. The molecule has 0 amide bonds. The van der Waals surface area contributed by atoms with Crippen LogP contribution in [-0.4, -0.2) is 27.8 Å². The Labute approximate surface area is 212 Å². The van der Waals surface area contributed by atoms with Crippen LogP contribution in [0.1, 0.15) is 50.7 Å². The van der Waals surface area contributed by atoms with Crippen molar-refractivity contribution in [3.63, 3.8) is 0 Å². The van der Waals surface area contributed by atoms with Crippen LogP contribution in [0.15, 0.2) is 60.9 Å². The molecule has 0 saturated carbocycles. The minimum atomic E-state index is -0.0591. The number of rotatable bonds is 5. The second-order valence-electron chi connectivity index (χ2n) is 9.70. The van der Waals surface area contributed by atoms with Gasteiger partial charge in [-0.2, -0.15) is 0 Å². The van der Waals surface area contributed by atoms with Gasteiger partial charge in [-0.1, -0.05) is 31.5 Å². The van der Waals surface area contributed by atoms with E-state index >= 15 is 0 Å². The summed E-state index contributed by atoms with van der Waals surface area (Å²) in [6.07, 6.45) is 5.23. The van der Waals surface area contributed by atoms with E-state index in [4.69, 9.17) is 23.8 Å². The fraction of sp³-hybridized carbons (Fsp3) is 0.407. The molecular formula is C27H32ClN5S. The molecule has 34 heavy (non-hydrogen) atoms. The van der Waals surface area contributed by atoms with E-state index in [1.807, 2.05) is 18.3 Å². The van der Waals surface area contributed by atoms with Crippen molar-refractivity contribution in [2.75, 3.05) is 22.9 Å². The third-order valence-electron chi connectivity index (χ3n) is 7.03. The molecule has 2 fully saturated rings. The monoisotopic (exact) mass is 493 g/mol. The number of nitrogens with zero attached hydrogens (tertiary/aromatic N) is 4. The molecule has 178 valence electrons. The van der Waals surface area contributed by atoms with Crippen molar-refractivity contribution in [2.45, 2.75) is 45.8 Å². The molecule has 2 aromatic heterocycles. The molecular weight excluding hydrogens is 462 g/mol. The molecule has 7 heteroatoms. The number of aryl methyl sites for hydroxylation is 1. The van der Waals surface area contributed by atoms with Crippen molar-refractivity contribution in [1.29, 1.82) is 0 Å². The molecule has 5 rings (SSSR count). The summed E-state index contributed by atoms with van der Waals surface area (Å²) in [7, 11) is 0. The lowest BCUT2D eigenvalue weighted by Crippen LogP contribution is -2.38. The summed E-state index contributed by atoms with van der Waals surface area (Å²) in [5.41, 5.74) is 4.28. The number of anilines is 2. The van der Waals surface area contributed by atoms with Crippen LogP contribution in [0.3, 0.4) is 0 Å². The van der Waals surface area contributed by atoms with Gasteiger partial charge in [-0.25, -0.2) is 0 Å². The first-order valence-corrected chi connectivity index (χ1v) is 12.9. The van der Waals surface area contributed by atoms with Gasteiger partial charge in [0.15, 0.2) is 5.11 Å². The maximum Gasteiger partial charge on any atom is 0.174 e. The first kappa shape index (κ1) is 23.2. The summed E-state index contributed by atoms with van der Waals surface area (Å²) in [6, 6.07) is 16.6. The van der Waals surface area contributed by atoms with E-state index < -0.39 is 0 Å². The summed E-state index contributed by atoms with van der Waals surface area (Å²) in [5.74, 6) is 1.33. The Balaban J connectivity index is 1.53. The summed E-state index contributed by atoms with van der Waals surface area (Å²) in [5, 5.41) is 5.00. The Kier molecular flexibility index (Phi) is 6.54. The zero-order chi connectivity index (χ0) is 23.8.